The van der Waals surface area contributed by atoms with Crippen molar-refractivity contribution in [3.63, 3.8) is 0 Å². The highest BCUT2D eigenvalue weighted by Gasteiger charge is 2.33. The summed E-state index contributed by atoms with van der Waals surface area (Å²) in [5.74, 6) is 0. The van der Waals surface area contributed by atoms with Crippen LogP contribution < -0.4 is 5.32 Å². The van der Waals surface area contributed by atoms with E-state index in [9.17, 15) is 0 Å². The molecule has 1 unspecified atom stereocenters. The second-order valence-electron chi connectivity index (χ2n) is 5.94. The SMILES string of the molecule is C=CCN(CC1NCCCC1(C)C)C(C)C. The van der Waals surface area contributed by atoms with E-state index in [-0.39, 0.29) is 0 Å². The minimum Gasteiger partial charge on any atom is -0.312 e. The molecule has 0 aromatic rings. The summed E-state index contributed by atoms with van der Waals surface area (Å²) in [5.41, 5.74) is 0.423. The summed E-state index contributed by atoms with van der Waals surface area (Å²) in [5, 5.41) is 3.68. The first-order valence-corrected chi connectivity index (χ1v) is 6.55. The summed E-state index contributed by atoms with van der Waals surface area (Å²) in [4.78, 5) is 2.50. The minimum atomic E-state index is 0.423. The third-order valence-electron chi connectivity index (χ3n) is 3.84. The summed E-state index contributed by atoms with van der Waals surface area (Å²) in [6.07, 6.45) is 4.66. The monoisotopic (exact) mass is 224 g/mol. The summed E-state index contributed by atoms with van der Waals surface area (Å²) >= 11 is 0. The quantitative estimate of drug-likeness (QED) is 0.722. The van der Waals surface area contributed by atoms with E-state index in [2.05, 4.69) is 44.5 Å². The van der Waals surface area contributed by atoms with Crippen LogP contribution in [0.1, 0.15) is 40.5 Å². The van der Waals surface area contributed by atoms with E-state index in [0.717, 1.165) is 13.1 Å². The van der Waals surface area contributed by atoms with Gasteiger partial charge in [0.05, 0.1) is 0 Å². The van der Waals surface area contributed by atoms with Gasteiger partial charge in [-0.05, 0) is 38.6 Å². The van der Waals surface area contributed by atoms with Gasteiger partial charge in [-0.1, -0.05) is 19.9 Å². The van der Waals surface area contributed by atoms with Gasteiger partial charge in [0, 0.05) is 25.2 Å². The van der Waals surface area contributed by atoms with Gasteiger partial charge in [-0.3, -0.25) is 4.90 Å². The highest BCUT2D eigenvalue weighted by Crippen LogP contribution is 2.30. The molecule has 0 amide bonds. The number of piperidine rings is 1. The lowest BCUT2D eigenvalue weighted by atomic mass is 9.77. The van der Waals surface area contributed by atoms with Crippen LogP contribution in [0.4, 0.5) is 0 Å². The topological polar surface area (TPSA) is 15.3 Å². The molecule has 16 heavy (non-hydrogen) atoms. The predicted molar refractivity (Wildman–Crippen MR) is 71.7 cm³/mol. The molecule has 1 N–H and O–H groups in total. The average molecular weight is 224 g/mol. The van der Waals surface area contributed by atoms with Crippen LogP contribution in [0.15, 0.2) is 12.7 Å². The summed E-state index contributed by atoms with van der Waals surface area (Å²) < 4.78 is 0. The molecule has 2 heteroatoms. The molecule has 94 valence electrons. The maximum absolute atomic E-state index is 3.85. The fourth-order valence-electron chi connectivity index (χ4n) is 2.48. The molecule has 1 saturated heterocycles. The first-order chi connectivity index (χ1) is 7.47. The third-order valence-corrected chi connectivity index (χ3v) is 3.84. The number of rotatable bonds is 5. The third kappa shape index (κ3) is 3.60. The Bertz CT molecular complexity index is 221. The first kappa shape index (κ1) is 13.7. The highest BCUT2D eigenvalue weighted by atomic mass is 15.2. The predicted octanol–water partition coefficient (Wildman–Crippen LogP) is 2.66. The summed E-state index contributed by atoms with van der Waals surface area (Å²) in [7, 11) is 0. The Balaban J connectivity index is 2.58. The zero-order valence-corrected chi connectivity index (χ0v) is 11.4. The molecule has 0 aliphatic carbocycles. The van der Waals surface area contributed by atoms with E-state index < -0.39 is 0 Å². The van der Waals surface area contributed by atoms with Crippen molar-refractivity contribution in [2.75, 3.05) is 19.6 Å². The van der Waals surface area contributed by atoms with E-state index in [1.54, 1.807) is 0 Å². The second-order valence-corrected chi connectivity index (χ2v) is 5.94. The van der Waals surface area contributed by atoms with Gasteiger partial charge in [0.15, 0.2) is 0 Å². The Kier molecular flexibility index (Phi) is 5.00. The number of nitrogens with one attached hydrogen (secondary N) is 1. The molecule has 1 heterocycles. The largest absolute Gasteiger partial charge is 0.312 e. The molecular weight excluding hydrogens is 196 g/mol. The molecule has 0 spiro atoms. The van der Waals surface area contributed by atoms with Crippen LogP contribution in [0.3, 0.4) is 0 Å². The molecule has 1 rings (SSSR count). The summed E-state index contributed by atoms with van der Waals surface area (Å²) in [6, 6.07) is 1.21. The van der Waals surface area contributed by atoms with Crippen molar-refractivity contribution in [1.29, 1.82) is 0 Å². The maximum Gasteiger partial charge on any atom is 0.0246 e. The van der Waals surface area contributed by atoms with Crippen molar-refractivity contribution in [2.45, 2.75) is 52.6 Å². The van der Waals surface area contributed by atoms with E-state index in [4.69, 9.17) is 0 Å². The van der Waals surface area contributed by atoms with Gasteiger partial charge in [0.1, 0.15) is 0 Å². The Morgan fingerprint density at radius 3 is 2.69 bits per heavy atom. The van der Waals surface area contributed by atoms with Crippen molar-refractivity contribution in [1.82, 2.24) is 10.2 Å². The van der Waals surface area contributed by atoms with Gasteiger partial charge in [-0.15, -0.1) is 6.58 Å². The van der Waals surface area contributed by atoms with Crippen LogP contribution in [0.5, 0.6) is 0 Å². The molecule has 1 fully saturated rings. The van der Waals surface area contributed by atoms with E-state index in [1.807, 2.05) is 6.08 Å². The Hall–Kier alpha value is -0.340. The molecular formula is C14H28N2. The van der Waals surface area contributed by atoms with Gasteiger partial charge in [-0.2, -0.15) is 0 Å². The Morgan fingerprint density at radius 2 is 2.19 bits per heavy atom. The van der Waals surface area contributed by atoms with E-state index >= 15 is 0 Å². The number of hydrogen-bond acceptors (Lipinski definition) is 2. The molecule has 2 nitrogen and oxygen atoms in total. The molecule has 1 aliphatic heterocycles. The Morgan fingerprint density at radius 1 is 1.50 bits per heavy atom. The zero-order chi connectivity index (χ0) is 12.2. The van der Waals surface area contributed by atoms with Crippen LogP contribution in [-0.4, -0.2) is 36.6 Å². The van der Waals surface area contributed by atoms with Gasteiger partial charge in [-0.25, -0.2) is 0 Å². The van der Waals surface area contributed by atoms with Gasteiger partial charge >= 0.3 is 0 Å². The van der Waals surface area contributed by atoms with Crippen molar-refractivity contribution < 1.29 is 0 Å². The lowest BCUT2D eigenvalue weighted by Crippen LogP contribution is -2.54. The van der Waals surface area contributed by atoms with Crippen molar-refractivity contribution in [3.05, 3.63) is 12.7 Å². The Labute approximate surface area is 101 Å². The van der Waals surface area contributed by atoms with Crippen molar-refractivity contribution in [3.8, 4) is 0 Å². The van der Waals surface area contributed by atoms with E-state index in [0.29, 0.717) is 17.5 Å². The van der Waals surface area contributed by atoms with Crippen molar-refractivity contribution >= 4 is 0 Å². The van der Waals surface area contributed by atoms with Crippen LogP contribution in [0.2, 0.25) is 0 Å². The first-order valence-electron chi connectivity index (χ1n) is 6.55. The molecule has 0 radical (unpaired) electrons. The standard InChI is InChI=1S/C14H28N2/c1-6-10-16(12(2)3)11-13-14(4,5)8-7-9-15-13/h6,12-13,15H,1,7-11H2,2-5H3. The maximum atomic E-state index is 3.85. The fourth-order valence-corrected chi connectivity index (χ4v) is 2.48. The number of hydrogen-bond donors (Lipinski definition) is 1. The second kappa shape index (κ2) is 5.83. The van der Waals surface area contributed by atoms with Crippen LogP contribution >= 0.6 is 0 Å². The van der Waals surface area contributed by atoms with Gasteiger partial charge in [0.2, 0.25) is 0 Å². The number of nitrogens with zero attached hydrogens (tertiary/aromatic N) is 1. The smallest absolute Gasteiger partial charge is 0.0246 e. The van der Waals surface area contributed by atoms with Crippen LogP contribution in [-0.2, 0) is 0 Å². The lowest BCUT2D eigenvalue weighted by molar-refractivity contribution is 0.117. The molecule has 0 bridgehead atoms. The van der Waals surface area contributed by atoms with Crippen molar-refractivity contribution in [2.24, 2.45) is 5.41 Å². The zero-order valence-electron chi connectivity index (χ0n) is 11.4. The fraction of sp³-hybridized carbons (Fsp3) is 0.857. The lowest BCUT2D eigenvalue weighted by Gasteiger charge is -2.42. The summed E-state index contributed by atoms with van der Waals surface area (Å²) in [6.45, 7) is 16.4. The minimum absolute atomic E-state index is 0.423. The van der Waals surface area contributed by atoms with Gasteiger partial charge < -0.3 is 5.32 Å². The normalized spacial score (nSPS) is 25.0. The molecule has 0 aromatic carbocycles. The molecule has 0 saturated carbocycles. The molecule has 0 aromatic heterocycles. The molecule has 1 aliphatic rings. The van der Waals surface area contributed by atoms with Gasteiger partial charge in [0.25, 0.3) is 0 Å². The van der Waals surface area contributed by atoms with Crippen LogP contribution in [0, 0.1) is 5.41 Å². The molecule has 1 atom stereocenters. The van der Waals surface area contributed by atoms with E-state index in [1.165, 1.54) is 19.4 Å². The highest BCUT2D eigenvalue weighted by molar-refractivity contribution is 4.91. The van der Waals surface area contributed by atoms with Crippen LogP contribution in [0.25, 0.3) is 0 Å². The average Bonchev–Trinajstić information content (AvgIpc) is 2.19.